The van der Waals surface area contributed by atoms with Crippen molar-refractivity contribution in [2.24, 2.45) is 0 Å². The van der Waals surface area contributed by atoms with Crippen molar-refractivity contribution < 1.29 is 13.3 Å². The van der Waals surface area contributed by atoms with Crippen molar-refractivity contribution in [1.29, 1.82) is 0 Å². The third-order valence-electron chi connectivity index (χ3n) is 3.08. The Labute approximate surface area is 143 Å². The molecule has 1 heterocycles. The molecule has 0 aliphatic rings. The summed E-state index contributed by atoms with van der Waals surface area (Å²) < 4.78 is 24.6. The van der Waals surface area contributed by atoms with Crippen molar-refractivity contribution in [3.8, 4) is 0 Å². The van der Waals surface area contributed by atoms with Crippen LogP contribution in [0, 0.1) is 30.9 Å². The van der Waals surface area contributed by atoms with E-state index in [9.17, 15) is 18.5 Å². The molecular weight excluding hydrogens is 358 g/mol. The summed E-state index contributed by atoms with van der Waals surface area (Å²) in [5.74, 6) is 0.0591. The quantitative estimate of drug-likeness (QED) is 0.609. The van der Waals surface area contributed by atoms with Gasteiger partial charge in [-0.15, -0.1) is 4.83 Å². The molecule has 2 rings (SSSR count). The van der Waals surface area contributed by atoms with Crippen molar-refractivity contribution in [2.45, 2.75) is 25.7 Å². The molecule has 0 saturated heterocycles. The monoisotopic (exact) mass is 371 g/mol. The maximum atomic E-state index is 12.3. The zero-order valence-corrected chi connectivity index (χ0v) is 14.6. The van der Waals surface area contributed by atoms with Gasteiger partial charge in [0.05, 0.1) is 14.8 Å². The van der Waals surface area contributed by atoms with Crippen LogP contribution in [-0.2, 0) is 10.0 Å². The van der Waals surface area contributed by atoms with E-state index >= 15 is 0 Å². The van der Waals surface area contributed by atoms with Crippen molar-refractivity contribution in [1.82, 2.24) is 14.8 Å². The molecule has 0 fully saturated rings. The summed E-state index contributed by atoms with van der Waals surface area (Å²) in [6, 6.07) is 3.80. The molecule has 128 valence electrons. The van der Waals surface area contributed by atoms with Gasteiger partial charge in [-0.1, -0.05) is 11.6 Å². The average Bonchev–Trinajstić information content (AvgIpc) is 2.46. The molecular formula is C13H14ClN5O4S. The highest BCUT2D eigenvalue weighted by atomic mass is 35.5. The van der Waals surface area contributed by atoms with Gasteiger partial charge in [0.1, 0.15) is 0 Å². The van der Waals surface area contributed by atoms with Crippen LogP contribution in [0.3, 0.4) is 0 Å². The minimum atomic E-state index is -4.11. The summed E-state index contributed by atoms with van der Waals surface area (Å²) in [6.45, 7) is 4.90. The van der Waals surface area contributed by atoms with Crippen molar-refractivity contribution >= 4 is 33.3 Å². The number of sulfonamides is 1. The van der Waals surface area contributed by atoms with Crippen LogP contribution in [0.2, 0.25) is 5.02 Å². The van der Waals surface area contributed by atoms with Gasteiger partial charge in [-0.05, 0) is 32.9 Å². The fourth-order valence-corrected chi connectivity index (χ4v) is 3.10. The minimum Gasteiger partial charge on any atom is -0.276 e. The topological polar surface area (TPSA) is 127 Å². The van der Waals surface area contributed by atoms with Crippen LogP contribution in [0.25, 0.3) is 0 Å². The summed E-state index contributed by atoms with van der Waals surface area (Å²) >= 11 is 5.89. The van der Waals surface area contributed by atoms with E-state index in [1.807, 2.05) is 0 Å². The van der Waals surface area contributed by atoms with Crippen LogP contribution >= 0.6 is 11.6 Å². The number of hydrazine groups is 1. The molecule has 0 saturated carbocycles. The largest absolute Gasteiger partial charge is 0.276 e. The summed E-state index contributed by atoms with van der Waals surface area (Å²) in [7, 11) is -4.11. The van der Waals surface area contributed by atoms with Gasteiger partial charge in [-0.2, -0.15) is 0 Å². The number of nitrogens with one attached hydrogen (secondary N) is 2. The van der Waals surface area contributed by atoms with E-state index in [1.165, 1.54) is 6.92 Å². The SMILES string of the molecule is Cc1cc(C)nc(NNS(=O)(=O)c2cc(Cl)c(C)c([N+](=O)[O-])c2)n1. The summed E-state index contributed by atoms with van der Waals surface area (Å²) in [5.41, 5.74) is 3.48. The highest BCUT2D eigenvalue weighted by molar-refractivity contribution is 7.89. The molecule has 0 bridgehead atoms. The first-order valence-electron chi connectivity index (χ1n) is 6.65. The summed E-state index contributed by atoms with van der Waals surface area (Å²) in [6.07, 6.45) is 0. The lowest BCUT2D eigenvalue weighted by Gasteiger charge is -2.10. The number of aryl methyl sites for hydroxylation is 2. The first-order valence-corrected chi connectivity index (χ1v) is 8.51. The number of halogens is 1. The molecule has 0 amide bonds. The second kappa shape index (κ2) is 6.67. The molecule has 24 heavy (non-hydrogen) atoms. The molecule has 11 heteroatoms. The highest BCUT2D eigenvalue weighted by Gasteiger charge is 2.22. The second-order valence-electron chi connectivity index (χ2n) is 5.01. The van der Waals surface area contributed by atoms with Gasteiger partial charge in [0.2, 0.25) is 5.95 Å². The lowest BCUT2D eigenvalue weighted by Crippen LogP contribution is -2.30. The van der Waals surface area contributed by atoms with E-state index in [0.29, 0.717) is 11.4 Å². The fourth-order valence-electron chi connectivity index (χ4n) is 1.94. The van der Waals surface area contributed by atoms with Gasteiger partial charge in [0, 0.05) is 23.0 Å². The fraction of sp³-hybridized carbons (Fsp3) is 0.231. The Bertz CT molecular complexity index is 897. The number of benzene rings is 1. The third kappa shape index (κ3) is 3.96. The normalized spacial score (nSPS) is 11.3. The van der Waals surface area contributed by atoms with Crippen LogP contribution in [0.15, 0.2) is 23.1 Å². The molecule has 0 unspecified atom stereocenters. The number of nitrogens with zero attached hydrogens (tertiary/aromatic N) is 3. The summed E-state index contributed by atoms with van der Waals surface area (Å²) in [5, 5.41) is 11.0. The van der Waals surface area contributed by atoms with E-state index < -0.39 is 14.9 Å². The zero-order valence-electron chi connectivity index (χ0n) is 13.0. The first kappa shape index (κ1) is 18.0. The van der Waals surface area contributed by atoms with Crippen LogP contribution in [0.1, 0.15) is 17.0 Å². The molecule has 0 aliphatic carbocycles. The lowest BCUT2D eigenvalue weighted by molar-refractivity contribution is -0.385. The second-order valence-corrected chi connectivity index (χ2v) is 7.10. The number of anilines is 1. The van der Waals surface area contributed by atoms with Gasteiger partial charge in [-0.25, -0.2) is 18.4 Å². The molecule has 0 spiro atoms. The predicted molar refractivity (Wildman–Crippen MR) is 88.3 cm³/mol. The van der Waals surface area contributed by atoms with Crippen molar-refractivity contribution in [3.05, 3.63) is 50.3 Å². The van der Waals surface area contributed by atoms with Crippen LogP contribution < -0.4 is 10.3 Å². The van der Waals surface area contributed by atoms with Crippen molar-refractivity contribution in [2.75, 3.05) is 5.43 Å². The Balaban J connectivity index is 2.32. The van der Waals surface area contributed by atoms with Crippen LogP contribution in [-0.4, -0.2) is 23.3 Å². The zero-order chi connectivity index (χ0) is 18.1. The van der Waals surface area contributed by atoms with Gasteiger partial charge >= 0.3 is 0 Å². The predicted octanol–water partition coefficient (Wildman–Crippen LogP) is 2.27. The maximum absolute atomic E-state index is 12.3. The van der Waals surface area contributed by atoms with E-state index in [4.69, 9.17) is 11.6 Å². The first-order chi connectivity index (χ1) is 11.1. The Morgan fingerprint density at radius 2 is 1.71 bits per heavy atom. The molecule has 2 N–H and O–H groups in total. The third-order valence-corrected chi connectivity index (χ3v) is 4.70. The summed E-state index contributed by atoms with van der Waals surface area (Å²) in [4.78, 5) is 20.1. The number of hydrogen-bond acceptors (Lipinski definition) is 7. The van der Waals surface area contributed by atoms with Crippen LogP contribution in [0.5, 0.6) is 0 Å². The van der Waals surface area contributed by atoms with Crippen molar-refractivity contribution in [3.63, 3.8) is 0 Å². The van der Waals surface area contributed by atoms with Gasteiger partial charge in [0.25, 0.3) is 15.7 Å². The van der Waals surface area contributed by atoms with E-state index in [2.05, 4.69) is 20.2 Å². The minimum absolute atomic E-state index is 0.0211. The Kier molecular flexibility index (Phi) is 5.02. The number of aromatic nitrogens is 2. The highest BCUT2D eigenvalue weighted by Crippen LogP contribution is 2.29. The van der Waals surface area contributed by atoms with Gasteiger partial charge in [0.15, 0.2) is 0 Å². The maximum Gasteiger partial charge on any atom is 0.275 e. The molecule has 9 nitrogen and oxygen atoms in total. The Hall–Kier alpha value is -2.30. The number of rotatable bonds is 5. The van der Waals surface area contributed by atoms with Gasteiger partial charge < -0.3 is 0 Å². The average molecular weight is 372 g/mol. The lowest BCUT2D eigenvalue weighted by atomic mass is 10.2. The van der Waals surface area contributed by atoms with Gasteiger partial charge in [-0.3, -0.25) is 15.5 Å². The Morgan fingerprint density at radius 1 is 1.12 bits per heavy atom. The van der Waals surface area contributed by atoms with Crippen LogP contribution in [0.4, 0.5) is 11.6 Å². The molecule has 1 aromatic carbocycles. The number of hydrogen-bond donors (Lipinski definition) is 2. The van der Waals surface area contributed by atoms with E-state index in [-0.39, 0.29) is 27.1 Å². The number of nitro groups is 1. The molecule has 0 aliphatic heterocycles. The van der Waals surface area contributed by atoms with E-state index in [0.717, 1.165) is 12.1 Å². The Morgan fingerprint density at radius 3 is 2.25 bits per heavy atom. The standard InChI is InChI=1S/C13H14ClN5O4S/c1-7-4-8(2)16-13(15-7)17-18-24(22,23)10-5-11(14)9(3)12(6-10)19(20)21/h4-6,18H,1-3H3,(H,15,16,17). The molecule has 2 aromatic rings. The molecule has 0 atom stereocenters. The number of nitro benzene ring substituents is 1. The molecule has 1 aromatic heterocycles. The molecule has 0 radical (unpaired) electrons. The smallest absolute Gasteiger partial charge is 0.275 e. The van der Waals surface area contributed by atoms with E-state index in [1.54, 1.807) is 19.9 Å².